The van der Waals surface area contributed by atoms with Crippen LogP contribution >= 0.6 is 0 Å². The van der Waals surface area contributed by atoms with Gasteiger partial charge in [0.25, 0.3) is 0 Å². The molecular formula is C18H30NO. The van der Waals surface area contributed by atoms with Crippen LogP contribution in [0.4, 0.5) is 5.69 Å². The molecule has 1 N–H and O–H groups in total. The van der Waals surface area contributed by atoms with E-state index in [1.807, 2.05) is 24.3 Å². The quantitative estimate of drug-likeness (QED) is 0.366. The van der Waals surface area contributed by atoms with E-state index in [0.717, 1.165) is 18.7 Å². The van der Waals surface area contributed by atoms with Gasteiger partial charge in [-0.25, -0.2) is 0 Å². The minimum Gasteiger partial charge on any atom is -0.276 e. The molecule has 0 aliphatic heterocycles. The minimum atomic E-state index is 0.777. The SMILES string of the molecule is CCCCCCCCCCCCONc1[c]cccc1. The van der Waals surface area contributed by atoms with Crippen LogP contribution in [0.15, 0.2) is 24.3 Å². The van der Waals surface area contributed by atoms with Crippen LogP contribution in [0.5, 0.6) is 0 Å². The van der Waals surface area contributed by atoms with Gasteiger partial charge in [0.1, 0.15) is 0 Å². The Labute approximate surface area is 124 Å². The van der Waals surface area contributed by atoms with Crippen molar-refractivity contribution < 1.29 is 4.84 Å². The van der Waals surface area contributed by atoms with E-state index in [-0.39, 0.29) is 0 Å². The Morgan fingerprint density at radius 1 is 0.900 bits per heavy atom. The van der Waals surface area contributed by atoms with Crippen LogP contribution in [0.3, 0.4) is 0 Å². The van der Waals surface area contributed by atoms with Gasteiger partial charge in [-0.3, -0.25) is 10.3 Å². The van der Waals surface area contributed by atoms with E-state index in [0.29, 0.717) is 0 Å². The summed E-state index contributed by atoms with van der Waals surface area (Å²) < 4.78 is 0. The largest absolute Gasteiger partial charge is 0.276 e. The lowest BCUT2D eigenvalue weighted by Crippen LogP contribution is -2.02. The van der Waals surface area contributed by atoms with Crippen molar-refractivity contribution in [2.45, 2.75) is 71.1 Å². The van der Waals surface area contributed by atoms with Gasteiger partial charge in [-0.1, -0.05) is 82.9 Å². The Kier molecular flexibility index (Phi) is 11.1. The molecule has 0 amide bonds. The summed E-state index contributed by atoms with van der Waals surface area (Å²) in [7, 11) is 0. The Morgan fingerprint density at radius 2 is 1.55 bits per heavy atom. The van der Waals surface area contributed by atoms with E-state index >= 15 is 0 Å². The van der Waals surface area contributed by atoms with Crippen LogP contribution < -0.4 is 5.48 Å². The molecule has 2 heteroatoms. The van der Waals surface area contributed by atoms with Crippen LogP contribution in [-0.2, 0) is 4.84 Å². The van der Waals surface area contributed by atoms with Crippen LogP contribution in [-0.4, -0.2) is 6.61 Å². The third kappa shape index (κ3) is 9.85. The third-order valence-electron chi connectivity index (χ3n) is 3.49. The fourth-order valence-corrected chi connectivity index (χ4v) is 2.25. The number of benzene rings is 1. The Hall–Kier alpha value is -1.02. The minimum absolute atomic E-state index is 0.777. The number of rotatable bonds is 13. The van der Waals surface area contributed by atoms with E-state index in [4.69, 9.17) is 4.84 Å². The molecule has 113 valence electrons. The zero-order chi connectivity index (χ0) is 14.3. The number of anilines is 1. The van der Waals surface area contributed by atoms with E-state index < -0.39 is 0 Å². The number of hydrogen-bond acceptors (Lipinski definition) is 2. The maximum Gasteiger partial charge on any atom is 0.0746 e. The lowest BCUT2D eigenvalue weighted by Gasteiger charge is -2.06. The third-order valence-corrected chi connectivity index (χ3v) is 3.49. The molecule has 0 fully saturated rings. The molecule has 0 spiro atoms. The average molecular weight is 276 g/mol. The number of para-hydroxylation sites is 1. The Bertz CT molecular complexity index is 300. The second-order valence-corrected chi connectivity index (χ2v) is 5.41. The summed E-state index contributed by atoms with van der Waals surface area (Å²) in [6.07, 6.45) is 13.5. The molecule has 0 aliphatic rings. The van der Waals surface area contributed by atoms with Crippen molar-refractivity contribution in [3.05, 3.63) is 30.3 Å². The zero-order valence-electron chi connectivity index (χ0n) is 13.0. The summed E-state index contributed by atoms with van der Waals surface area (Å²) in [5, 5.41) is 0. The Morgan fingerprint density at radius 3 is 2.15 bits per heavy atom. The predicted molar refractivity (Wildman–Crippen MR) is 86.7 cm³/mol. The van der Waals surface area contributed by atoms with Crippen molar-refractivity contribution in [1.82, 2.24) is 0 Å². The highest BCUT2D eigenvalue weighted by Gasteiger charge is 1.94. The number of unbranched alkanes of at least 4 members (excludes halogenated alkanes) is 9. The van der Waals surface area contributed by atoms with Gasteiger partial charge in [-0.2, -0.15) is 0 Å². The standard InChI is InChI=1S/C18H30NO/c1-2-3-4-5-6-7-8-9-10-14-17-20-19-18-15-12-11-13-16-18/h11-13,15,19H,2-10,14,17H2,1H3. The molecule has 1 radical (unpaired) electrons. The van der Waals surface area contributed by atoms with Gasteiger partial charge < -0.3 is 0 Å². The molecule has 1 aromatic carbocycles. The molecule has 1 aromatic rings. The monoisotopic (exact) mass is 276 g/mol. The lowest BCUT2D eigenvalue weighted by molar-refractivity contribution is 0.187. The summed E-state index contributed by atoms with van der Waals surface area (Å²) in [5.41, 5.74) is 3.82. The Balaban J connectivity index is 1.77. The zero-order valence-corrected chi connectivity index (χ0v) is 13.0. The van der Waals surface area contributed by atoms with Crippen LogP contribution in [0.1, 0.15) is 71.1 Å². The van der Waals surface area contributed by atoms with Gasteiger partial charge >= 0.3 is 0 Å². The molecular weight excluding hydrogens is 246 g/mol. The highest BCUT2D eigenvalue weighted by atomic mass is 16.6. The van der Waals surface area contributed by atoms with Gasteiger partial charge in [0.05, 0.1) is 12.3 Å². The van der Waals surface area contributed by atoms with Crippen molar-refractivity contribution >= 4 is 5.69 Å². The topological polar surface area (TPSA) is 21.3 Å². The molecule has 20 heavy (non-hydrogen) atoms. The van der Waals surface area contributed by atoms with Crippen LogP contribution in [0.2, 0.25) is 0 Å². The van der Waals surface area contributed by atoms with Crippen molar-refractivity contribution in [3.8, 4) is 0 Å². The fourth-order valence-electron chi connectivity index (χ4n) is 2.25. The smallest absolute Gasteiger partial charge is 0.0746 e. The van der Waals surface area contributed by atoms with Gasteiger partial charge in [0.2, 0.25) is 0 Å². The van der Waals surface area contributed by atoms with Crippen molar-refractivity contribution in [3.63, 3.8) is 0 Å². The van der Waals surface area contributed by atoms with Crippen LogP contribution in [0.25, 0.3) is 0 Å². The van der Waals surface area contributed by atoms with E-state index in [2.05, 4.69) is 18.5 Å². The van der Waals surface area contributed by atoms with Crippen molar-refractivity contribution in [2.75, 3.05) is 12.1 Å². The maximum atomic E-state index is 5.41. The first kappa shape index (κ1) is 17.0. The van der Waals surface area contributed by atoms with Gasteiger partial charge in [-0.05, 0) is 12.5 Å². The van der Waals surface area contributed by atoms with E-state index in [1.165, 1.54) is 57.8 Å². The average Bonchev–Trinajstić information content (AvgIpc) is 2.49. The fraction of sp³-hybridized carbons (Fsp3) is 0.667. The molecule has 0 atom stereocenters. The molecule has 1 rings (SSSR count). The lowest BCUT2D eigenvalue weighted by atomic mass is 10.1. The molecule has 2 nitrogen and oxygen atoms in total. The molecule has 0 aromatic heterocycles. The second kappa shape index (κ2) is 13.0. The number of hydrogen-bond donors (Lipinski definition) is 1. The van der Waals surface area contributed by atoms with Crippen LogP contribution in [0, 0.1) is 6.07 Å². The highest BCUT2D eigenvalue weighted by Crippen LogP contribution is 2.10. The maximum absolute atomic E-state index is 5.41. The normalized spacial score (nSPS) is 10.7. The molecule has 0 saturated carbocycles. The summed E-state index contributed by atoms with van der Waals surface area (Å²) in [4.78, 5) is 5.41. The first-order valence-electron chi connectivity index (χ1n) is 8.28. The predicted octanol–water partition coefficient (Wildman–Crippen LogP) is 5.75. The molecule has 0 bridgehead atoms. The van der Waals surface area contributed by atoms with Crippen molar-refractivity contribution in [1.29, 1.82) is 0 Å². The molecule has 0 aliphatic carbocycles. The first-order chi connectivity index (χ1) is 9.93. The van der Waals surface area contributed by atoms with E-state index in [1.54, 1.807) is 0 Å². The first-order valence-corrected chi connectivity index (χ1v) is 8.28. The van der Waals surface area contributed by atoms with Gasteiger partial charge in [-0.15, -0.1) is 0 Å². The van der Waals surface area contributed by atoms with Gasteiger partial charge in [0.15, 0.2) is 0 Å². The molecule has 0 saturated heterocycles. The van der Waals surface area contributed by atoms with Crippen molar-refractivity contribution in [2.24, 2.45) is 0 Å². The summed E-state index contributed by atoms with van der Waals surface area (Å²) in [5.74, 6) is 0. The highest BCUT2D eigenvalue weighted by molar-refractivity contribution is 5.38. The second-order valence-electron chi connectivity index (χ2n) is 5.41. The molecule has 0 heterocycles. The summed E-state index contributed by atoms with van der Waals surface area (Å²) >= 11 is 0. The molecule has 0 unspecified atom stereocenters. The van der Waals surface area contributed by atoms with E-state index in [9.17, 15) is 0 Å². The number of nitrogens with one attached hydrogen (secondary N) is 1. The van der Waals surface area contributed by atoms with Gasteiger partial charge in [0, 0.05) is 6.07 Å². The summed E-state index contributed by atoms with van der Waals surface area (Å²) in [6, 6.07) is 10.8. The summed E-state index contributed by atoms with van der Waals surface area (Å²) in [6.45, 7) is 3.05.